The van der Waals surface area contributed by atoms with Gasteiger partial charge < -0.3 is 10.4 Å². The van der Waals surface area contributed by atoms with Crippen LogP contribution in [0.2, 0.25) is 0 Å². The number of hydrogen-bond acceptors (Lipinski definition) is 2. The van der Waals surface area contributed by atoms with Crippen LogP contribution < -0.4 is 5.32 Å². The zero-order valence-corrected chi connectivity index (χ0v) is 10.1. The Morgan fingerprint density at radius 1 is 1.38 bits per heavy atom. The maximum atomic E-state index is 13.0. The summed E-state index contributed by atoms with van der Waals surface area (Å²) in [6.07, 6.45) is 0.119. The van der Waals surface area contributed by atoms with E-state index in [0.717, 1.165) is 12.1 Å². The number of benzene rings is 1. The van der Waals surface area contributed by atoms with Crippen LogP contribution >= 0.6 is 0 Å². The van der Waals surface area contributed by atoms with Crippen LogP contribution in [0.1, 0.15) is 37.5 Å². The monoisotopic (exact) mass is 225 g/mol. The largest absolute Gasteiger partial charge is 0.388 e. The summed E-state index contributed by atoms with van der Waals surface area (Å²) < 4.78 is 13.0. The second-order valence-corrected chi connectivity index (χ2v) is 4.42. The van der Waals surface area contributed by atoms with E-state index in [9.17, 15) is 9.50 Å². The summed E-state index contributed by atoms with van der Waals surface area (Å²) in [5, 5.41) is 13.1. The van der Waals surface area contributed by atoms with E-state index in [1.54, 1.807) is 19.1 Å². The predicted octanol–water partition coefficient (Wildman–Crippen LogP) is 2.56. The second kappa shape index (κ2) is 5.97. The highest BCUT2D eigenvalue weighted by molar-refractivity contribution is 5.25. The summed E-state index contributed by atoms with van der Waals surface area (Å²) in [6.45, 7) is 6.59. The minimum absolute atomic E-state index is 0.226. The highest BCUT2D eigenvalue weighted by atomic mass is 19.1. The van der Waals surface area contributed by atoms with Gasteiger partial charge in [0, 0.05) is 6.04 Å². The first-order chi connectivity index (χ1) is 7.50. The van der Waals surface area contributed by atoms with Crippen LogP contribution in [-0.4, -0.2) is 17.7 Å². The molecule has 90 valence electrons. The molecular formula is C13H20FNO. The van der Waals surface area contributed by atoms with Gasteiger partial charge in [-0.05, 0) is 37.1 Å². The van der Waals surface area contributed by atoms with Gasteiger partial charge >= 0.3 is 0 Å². The Balaban J connectivity index is 2.52. The van der Waals surface area contributed by atoms with Crippen molar-refractivity contribution in [2.24, 2.45) is 0 Å². The lowest BCUT2D eigenvalue weighted by Crippen LogP contribution is -2.24. The molecule has 0 heterocycles. The molecule has 0 aliphatic carbocycles. The lowest BCUT2D eigenvalue weighted by atomic mass is 10.0. The molecule has 1 aromatic carbocycles. The molecule has 1 atom stereocenters. The fourth-order valence-electron chi connectivity index (χ4n) is 1.55. The maximum Gasteiger partial charge on any atom is 0.126 e. The van der Waals surface area contributed by atoms with Crippen molar-refractivity contribution in [3.8, 4) is 0 Å². The zero-order chi connectivity index (χ0) is 12.1. The van der Waals surface area contributed by atoms with Crippen molar-refractivity contribution in [3.63, 3.8) is 0 Å². The Labute approximate surface area is 96.5 Å². The molecule has 0 radical (unpaired) electrons. The molecule has 2 nitrogen and oxygen atoms in total. The summed E-state index contributed by atoms with van der Waals surface area (Å²) in [6, 6.07) is 5.17. The summed E-state index contributed by atoms with van der Waals surface area (Å²) >= 11 is 0. The van der Waals surface area contributed by atoms with Crippen LogP contribution in [0, 0.1) is 12.7 Å². The second-order valence-electron chi connectivity index (χ2n) is 4.42. The van der Waals surface area contributed by atoms with Gasteiger partial charge in [-0.1, -0.05) is 26.0 Å². The maximum absolute atomic E-state index is 13.0. The molecule has 0 aromatic heterocycles. The molecule has 0 aliphatic heterocycles. The van der Waals surface area contributed by atoms with E-state index in [-0.39, 0.29) is 5.82 Å². The Hall–Kier alpha value is -0.930. The highest BCUT2D eigenvalue weighted by Crippen LogP contribution is 2.18. The molecule has 0 fully saturated rings. The first-order valence-corrected chi connectivity index (χ1v) is 5.68. The normalized spacial score (nSPS) is 13.1. The Kier molecular flexibility index (Phi) is 4.90. The van der Waals surface area contributed by atoms with Gasteiger partial charge in [-0.25, -0.2) is 4.39 Å². The van der Waals surface area contributed by atoms with Gasteiger partial charge in [-0.15, -0.1) is 0 Å². The van der Waals surface area contributed by atoms with Crippen molar-refractivity contribution < 1.29 is 9.50 Å². The van der Waals surface area contributed by atoms with Crippen LogP contribution in [-0.2, 0) is 0 Å². The van der Waals surface area contributed by atoms with E-state index in [4.69, 9.17) is 0 Å². The van der Waals surface area contributed by atoms with Crippen molar-refractivity contribution in [2.75, 3.05) is 6.54 Å². The first-order valence-electron chi connectivity index (χ1n) is 5.68. The van der Waals surface area contributed by atoms with Crippen molar-refractivity contribution in [1.82, 2.24) is 5.32 Å². The molecule has 2 N–H and O–H groups in total. The van der Waals surface area contributed by atoms with Crippen molar-refractivity contribution in [3.05, 3.63) is 35.1 Å². The molecule has 0 saturated carbocycles. The van der Waals surface area contributed by atoms with Gasteiger partial charge in [0.1, 0.15) is 5.82 Å². The quantitative estimate of drug-likeness (QED) is 0.807. The summed E-state index contributed by atoms with van der Waals surface area (Å²) in [4.78, 5) is 0. The van der Waals surface area contributed by atoms with Crippen LogP contribution in [0.5, 0.6) is 0 Å². The molecule has 0 bridgehead atoms. The van der Waals surface area contributed by atoms with E-state index in [1.165, 1.54) is 6.07 Å². The number of aliphatic hydroxyl groups is 1. The van der Waals surface area contributed by atoms with E-state index in [2.05, 4.69) is 19.2 Å². The fraction of sp³-hybridized carbons (Fsp3) is 0.538. The third-order valence-corrected chi connectivity index (χ3v) is 2.54. The summed E-state index contributed by atoms with van der Waals surface area (Å²) in [5.41, 5.74) is 1.36. The standard InChI is InChI=1S/C13H20FNO/c1-9(2)15-7-6-13(16)11-4-5-12(14)10(3)8-11/h4-5,8-9,13,15-16H,6-7H2,1-3H3. The van der Waals surface area contributed by atoms with E-state index in [1.807, 2.05) is 0 Å². The lowest BCUT2D eigenvalue weighted by molar-refractivity contribution is 0.166. The number of halogens is 1. The predicted molar refractivity (Wildman–Crippen MR) is 63.9 cm³/mol. The van der Waals surface area contributed by atoms with Crippen LogP contribution in [0.25, 0.3) is 0 Å². The zero-order valence-electron chi connectivity index (χ0n) is 10.1. The number of rotatable bonds is 5. The average Bonchev–Trinajstić information content (AvgIpc) is 2.21. The van der Waals surface area contributed by atoms with Gasteiger partial charge in [0.2, 0.25) is 0 Å². The van der Waals surface area contributed by atoms with Gasteiger partial charge in [0.15, 0.2) is 0 Å². The third-order valence-electron chi connectivity index (χ3n) is 2.54. The number of hydrogen-bond donors (Lipinski definition) is 2. The minimum Gasteiger partial charge on any atom is -0.388 e. The third kappa shape index (κ3) is 3.91. The Morgan fingerprint density at radius 2 is 2.06 bits per heavy atom. The molecule has 1 aromatic rings. The van der Waals surface area contributed by atoms with Crippen molar-refractivity contribution >= 4 is 0 Å². The number of nitrogens with one attached hydrogen (secondary N) is 1. The molecule has 0 amide bonds. The molecule has 0 spiro atoms. The SMILES string of the molecule is Cc1cc(C(O)CCNC(C)C)ccc1F. The Morgan fingerprint density at radius 3 is 2.62 bits per heavy atom. The Bertz CT molecular complexity index is 339. The van der Waals surface area contributed by atoms with Crippen LogP contribution in [0.15, 0.2) is 18.2 Å². The number of aliphatic hydroxyl groups excluding tert-OH is 1. The van der Waals surface area contributed by atoms with Gasteiger partial charge in [0.25, 0.3) is 0 Å². The van der Waals surface area contributed by atoms with Crippen LogP contribution in [0.4, 0.5) is 4.39 Å². The highest BCUT2D eigenvalue weighted by Gasteiger charge is 2.09. The molecule has 0 aliphatic rings. The van der Waals surface area contributed by atoms with Gasteiger partial charge in [0.05, 0.1) is 6.10 Å². The summed E-state index contributed by atoms with van der Waals surface area (Å²) in [7, 11) is 0. The minimum atomic E-state index is -0.523. The lowest BCUT2D eigenvalue weighted by Gasteiger charge is -2.14. The van der Waals surface area contributed by atoms with E-state index < -0.39 is 6.10 Å². The van der Waals surface area contributed by atoms with Gasteiger partial charge in [-0.3, -0.25) is 0 Å². The topological polar surface area (TPSA) is 32.3 Å². The number of aryl methyl sites for hydroxylation is 1. The molecule has 1 unspecified atom stereocenters. The van der Waals surface area contributed by atoms with Crippen molar-refractivity contribution in [2.45, 2.75) is 39.3 Å². The smallest absolute Gasteiger partial charge is 0.126 e. The van der Waals surface area contributed by atoms with E-state index in [0.29, 0.717) is 18.0 Å². The first kappa shape index (κ1) is 13.1. The molecule has 16 heavy (non-hydrogen) atoms. The summed E-state index contributed by atoms with van der Waals surface area (Å²) in [5.74, 6) is -0.226. The molecule has 1 rings (SSSR count). The van der Waals surface area contributed by atoms with Gasteiger partial charge in [-0.2, -0.15) is 0 Å². The van der Waals surface area contributed by atoms with Crippen molar-refractivity contribution in [1.29, 1.82) is 0 Å². The molecular weight excluding hydrogens is 205 g/mol. The van der Waals surface area contributed by atoms with Crippen LogP contribution in [0.3, 0.4) is 0 Å². The molecule has 0 saturated heterocycles. The van der Waals surface area contributed by atoms with E-state index >= 15 is 0 Å². The average molecular weight is 225 g/mol. The fourth-order valence-corrected chi connectivity index (χ4v) is 1.55. The molecule has 3 heteroatoms.